The molecule has 1 rings (SSSR count). The molecule has 1 fully saturated rings. The second-order valence-corrected chi connectivity index (χ2v) is 3.59. The van der Waals surface area contributed by atoms with Gasteiger partial charge in [0.2, 0.25) is 5.91 Å². The van der Waals surface area contributed by atoms with Gasteiger partial charge in [0.05, 0.1) is 12.7 Å². The van der Waals surface area contributed by atoms with Gasteiger partial charge in [0.15, 0.2) is 6.29 Å². The first kappa shape index (κ1) is 13.3. The van der Waals surface area contributed by atoms with E-state index in [2.05, 4.69) is 0 Å². The third-order valence-corrected chi connectivity index (χ3v) is 2.54. The summed E-state index contributed by atoms with van der Waals surface area (Å²) < 4.78 is 10.3. The lowest BCUT2D eigenvalue weighted by Crippen LogP contribution is -2.59. The molecule has 16 heavy (non-hydrogen) atoms. The molecule has 0 aromatic heterocycles. The zero-order valence-electron chi connectivity index (χ0n) is 8.94. The van der Waals surface area contributed by atoms with Crippen molar-refractivity contribution < 1.29 is 29.6 Å². The van der Waals surface area contributed by atoms with E-state index in [0.29, 0.717) is 0 Å². The van der Waals surface area contributed by atoms with Gasteiger partial charge in [-0.2, -0.15) is 0 Å². The third-order valence-electron chi connectivity index (χ3n) is 2.54. The molecule has 1 unspecified atom stereocenters. The van der Waals surface area contributed by atoms with Crippen molar-refractivity contribution in [2.24, 2.45) is 11.7 Å². The molecule has 0 spiro atoms. The number of carbonyl (C=O) groups excluding carboxylic acids is 1. The summed E-state index contributed by atoms with van der Waals surface area (Å²) in [5.41, 5.74) is 5.09. The van der Waals surface area contributed by atoms with Crippen LogP contribution in [0.15, 0.2) is 0 Å². The summed E-state index contributed by atoms with van der Waals surface area (Å²) in [6.45, 7) is 1.47. The number of hydrogen-bond acceptors (Lipinski definition) is 6. The molecule has 5 atom stereocenters. The molecule has 1 amide bonds. The van der Waals surface area contributed by atoms with Gasteiger partial charge < -0.3 is 30.5 Å². The first-order valence-corrected chi connectivity index (χ1v) is 5.06. The number of aliphatic hydroxyl groups excluding tert-OH is 3. The molecule has 0 aliphatic carbocycles. The summed E-state index contributed by atoms with van der Waals surface area (Å²) in [5, 5.41) is 28.2. The molecule has 0 bridgehead atoms. The van der Waals surface area contributed by atoms with Crippen LogP contribution in [-0.2, 0) is 14.3 Å². The number of nitrogens with two attached hydrogens (primary N) is 1. The normalized spacial score (nSPS) is 39.6. The minimum Gasteiger partial charge on any atom is -0.394 e. The number of amides is 1. The van der Waals surface area contributed by atoms with Gasteiger partial charge in [-0.15, -0.1) is 0 Å². The van der Waals surface area contributed by atoms with E-state index in [-0.39, 0.29) is 6.61 Å². The largest absolute Gasteiger partial charge is 0.394 e. The molecule has 1 aliphatic heterocycles. The van der Waals surface area contributed by atoms with Gasteiger partial charge in [0.1, 0.15) is 18.1 Å². The number of carbonyl (C=O) groups is 1. The predicted octanol–water partition coefficient (Wildman–Crippen LogP) is -2.44. The molecule has 1 heterocycles. The van der Waals surface area contributed by atoms with Crippen molar-refractivity contribution in [3.63, 3.8) is 0 Å². The Bertz CT molecular complexity index is 248. The van der Waals surface area contributed by atoms with Crippen molar-refractivity contribution in [2.45, 2.75) is 31.5 Å². The summed E-state index contributed by atoms with van der Waals surface area (Å²) >= 11 is 0. The van der Waals surface area contributed by atoms with Crippen LogP contribution in [0.3, 0.4) is 0 Å². The molecule has 0 aromatic carbocycles. The summed E-state index contributed by atoms with van der Waals surface area (Å²) in [7, 11) is 0. The smallest absolute Gasteiger partial charge is 0.228 e. The molecular formula is C9H17NO6. The third kappa shape index (κ3) is 2.50. The molecule has 0 radical (unpaired) electrons. The van der Waals surface area contributed by atoms with E-state index in [0.717, 1.165) is 0 Å². The average Bonchev–Trinajstić information content (AvgIpc) is 2.23. The minimum absolute atomic E-state index is 0.259. The lowest BCUT2D eigenvalue weighted by atomic mass is 9.90. The number of hydrogen-bond donors (Lipinski definition) is 4. The zero-order valence-corrected chi connectivity index (χ0v) is 8.94. The zero-order chi connectivity index (χ0) is 12.3. The number of aliphatic hydroxyl groups is 3. The number of ether oxygens (including phenoxy) is 2. The fraction of sp³-hybridized carbons (Fsp3) is 0.889. The molecule has 94 valence electrons. The molecule has 0 aromatic rings. The standard InChI is InChI=1S/C9H17NO6/c1-2-15-9-5(8(10)14)7(13)6(12)4(3-11)16-9/h4-7,9,11-13H,2-3H2,1H3,(H2,10,14)/t4-,5+,6+,7-,9?/m1/s1. The second-order valence-electron chi connectivity index (χ2n) is 3.59. The first-order chi connectivity index (χ1) is 7.52. The van der Waals surface area contributed by atoms with Crippen LogP contribution in [0.2, 0.25) is 0 Å². The van der Waals surface area contributed by atoms with Gasteiger partial charge in [-0.05, 0) is 6.92 Å². The summed E-state index contributed by atoms with van der Waals surface area (Å²) in [5.74, 6) is -1.96. The van der Waals surface area contributed by atoms with Gasteiger partial charge in [-0.1, -0.05) is 0 Å². The van der Waals surface area contributed by atoms with Crippen molar-refractivity contribution in [1.29, 1.82) is 0 Å². The van der Waals surface area contributed by atoms with Crippen LogP contribution in [-0.4, -0.2) is 59.0 Å². The highest BCUT2D eigenvalue weighted by atomic mass is 16.7. The molecule has 1 aliphatic rings. The van der Waals surface area contributed by atoms with Crippen molar-refractivity contribution in [1.82, 2.24) is 0 Å². The molecule has 0 saturated carbocycles. The molecule has 5 N–H and O–H groups in total. The SMILES string of the molecule is CCOC1O[C@H](CO)[C@H](O)[C@H](O)[C@H]1C(N)=O. The van der Waals surface area contributed by atoms with E-state index in [1.165, 1.54) is 0 Å². The van der Waals surface area contributed by atoms with Crippen LogP contribution in [0.5, 0.6) is 0 Å². The van der Waals surface area contributed by atoms with E-state index < -0.39 is 43.0 Å². The highest BCUT2D eigenvalue weighted by Crippen LogP contribution is 2.26. The fourth-order valence-corrected chi connectivity index (χ4v) is 1.69. The maximum absolute atomic E-state index is 11.1. The maximum Gasteiger partial charge on any atom is 0.228 e. The van der Waals surface area contributed by atoms with Crippen LogP contribution in [0.4, 0.5) is 0 Å². The fourth-order valence-electron chi connectivity index (χ4n) is 1.69. The second kappa shape index (κ2) is 5.55. The highest BCUT2D eigenvalue weighted by molar-refractivity contribution is 5.78. The van der Waals surface area contributed by atoms with Crippen molar-refractivity contribution in [3.8, 4) is 0 Å². The Balaban J connectivity index is 2.83. The van der Waals surface area contributed by atoms with E-state index in [1.54, 1.807) is 6.92 Å². The molecular weight excluding hydrogens is 218 g/mol. The van der Waals surface area contributed by atoms with E-state index in [9.17, 15) is 15.0 Å². The van der Waals surface area contributed by atoms with Crippen molar-refractivity contribution in [3.05, 3.63) is 0 Å². The van der Waals surface area contributed by atoms with E-state index in [1.807, 2.05) is 0 Å². The van der Waals surface area contributed by atoms with Gasteiger partial charge in [-0.25, -0.2) is 0 Å². The van der Waals surface area contributed by atoms with Crippen molar-refractivity contribution >= 4 is 5.91 Å². The Morgan fingerprint density at radius 3 is 2.50 bits per heavy atom. The quantitative estimate of drug-likeness (QED) is 0.429. The Kier molecular flexibility index (Phi) is 4.63. The lowest BCUT2D eigenvalue weighted by Gasteiger charge is -2.40. The summed E-state index contributed by atoms with van der Waals surface area (Å²) in [6, 6.07) is 0. The van der Waals surface area contributed by atoms with Crippen LogP contribution in [0.25, 0.3) is 0 Å². The molecule has 7 nitrogen and oxygen atoms in total. The lowest BCUT2D eigenvalue weighted by molar-refractivity contribution is -0.278. The van der Waals surface area contributed by atoms with Crippen LogP contribution >= 0.6 is 0 Å². The maximum atomic E-state index is 11.1. The van der Waals surface area contributed by atoms with Crippen LogP contribution < -0.4 is 5.73 Å². The number of rotatable bonds is 4. The Morgan fingerprint density at radius 2 is 2.06 bits per heavy atom. The van der Waals surface area contributed by atoms with E-state index >= 15 is 0 Å². The van der Waals surface area contributed by atoms with Crippen molar-refractivity contribution in [2.75, 3.05) is 13.2 Å². The van der Waals surface area contributed by atoms with Crippen LogP contribution in [0.1, 0.15) is 6.92 Å². The minimum atomic E-state index is -1.40. The summed E-state index contributed by atoms with van der Waals surface area (Å²) in [4.78, 5) is 11.1. The highest BCUT2D eigenvalue weighted by Gasteiger charge is 2.47. The topological polar surface area (TPSA) is 122 Å². The molecule has 7 heteroatoms. The van der Waals surface area contributed by atoms with Gasteiger partial charge >= 0.3 is 0 Å². The first-order valence-electron chi connectivity index (χ1n) is 5.06. The Hall–Kier alpha value is -0.730. The van der Waals surface area contributed by atoms with Gasteiger partial charge in [0, 0.05) is 6.61 Å². The predicted molar refractivity (Wildman–Crippen MR) is 52.1 cm³/mol. The van der Waals surface area contributed by atoms with Crippen LogP contribution in [0, 0.1) is 5.92 Å². The van der Waals surface area contributed by atoms with Gasteiger partial charge in [0.25, 0.3) is 0 Å². The van der Waals surface area contributed by atoms with E-state index in [4.69, 9.17) is 20.3 Å². The molecule has 1 saturated heterocycles. The summed E-state index contributed by atoms with van der Waals surface area (Å²) in [6.07, 6.45) is -4.79. The monoisotopic (exact) mass is 235 g/mol. The number of primary amides is 1. The Morgan fingerprint density at radius 1 is 1.44 bits per heavy atom. The van der Waals surface area contributed by atoms with Gasteiger partial charge in [-0.3, -0.25) is 4.79 Å². The Labute approximate surface area is 92.8 Å². The average molecular weight is 235 g/mol.